The molecule has 0 aliphatic rings. The van der Waals surface area contributed by atoms with Crippen LogP contribution in [0.4, 0.5) is 0 Å². The van der Waals surface area contributed by atoms with Crippen LogP contribution in [0.3, 0.4) is 0 Å². The molecule has 10 aromatic rings. The van der Waals surface area contributed by atoms with Crippen molar-refractivity contribution < 1.29 is 4.42 Å². The quantitative estimate of drug-likeness (QED) is 0.185. The number of hydrogen-bond acceptors (Lipinski definition) is 1. The lowest BCUT2D eigenvalue weighted by molar-refractivity contribution is 0.669. The Morgan fingerprint density at radius 1 is 0.298 bits per heavy atom. The second-order valence-corrected chi connectivity index (χ2v) is 12.4. The number of benzene rings is 9. The molecule has 0 atom stereocenters. The zero-order chi connectivity index (χ0) is 30.9. The first kappa shape index (κ1) is 26.1. The first-order valence-corrected chi connectivity index (χ1v) is 16.2. The Kier molecular flexibility index (Phi) is 5.64. The average Bonchev–Trinajstić information content (AvgIpc) is 3.52. The maximum absolute atomic E-state index is 6.50. The van der Waals surface area contributed by atoms with Crippen LogP contribution in [0.1, 0.15) is 0 Å². The molecule has 0 radical (unpaired) electrons. The Morgan fingerprint density at radius 3 is 1.62 bits per heavy atom. The van der Waals surface area contributed by atoms with Crippen molar-refractivity contribution in [3.05, 3.63) is 170 Å². The van der Waals surface area contributed by atoms with Crippen LogP contribution < -0.4 is 0 Å². The molecule has 0 aliphatic carbocycles. The highest BCUT2D eigenvalue weighted by Gasteiger charge is 2.19. The molecule has 0 fully saturated rings. The van der Waals surface area contributed by atoms with E-state index in [1.807, 2.05) is 0 Å². The highest BCUT2D eigenvalue weighted by molar-refractivity contribution is 6.24. The highest BCUT2D eigenvalue weighted by atomic mass is 16.3. The minimum absolute atomic E-state index is 0.909. The van der Waals surface area contributed by atoms with Gasteiger partial charge in [0.2, 0.25) is 0 Å². The molecule has 1 nitrogen and oxygen atoms in total. The molecule has 0 spiro atoms. The molecule has 1 heterocycles. The molecule has 1 aromatic heterocycles. The van der Waals surface area contributed by atoms with E-state index in [2.05, 4.69) is 170 Å². The van der Waals surface area contributed by atoms with Gasteiger partial charge in [0, 0.05) is 10.8 Å². The van der Waals surface area contributed by atoms with Crippen LogP contribution in [0, 0.1) is 0 Å². The monoisotopic (exact) mass is 596 g/mol. The summed E-state index contributed by atoms with van der Waals surface area (Å²) in [5.41, 5.74) is 9.17. The molecular weight excluding hydrogens is 569 g/mol. The minimum atomic E-state index is 0.909. The van der Waals surface area contributed by atoms with Crippen molar-refractivity contribution in [3.63, 3.8) is 0 Å². The van der Waals surface area contributed by atoms with Gasteiger partial charge in [-0.05, 0) is 107 Å². The van der Waals surface area contributed by atoms with Crippen LogP contribution in [0.2, 0.25) is 0 Å². The van der Waals surface area contributed by atoms with Crippen molar-refractivity contribution in [1.82, 2.24) is 0 Å². The Balaban J connectivity index is 1.26. The number of furan rings is 1. The lowest BCUT2D eigenvalue weighted by Crippen LogP contribution is -1.92. The summed E-state index contributed by atoms with van der Waals surface area (Å²) in [6.45, 7) is 0. The van der Waals surface area contributed by atoms with E-state index in [4.69, 9.17) is 4.42 Å². The van der Waals surface area contributed by atoms with Crippen LogP contribution in [-0.4, -0.2) is 0 Å². The summed E-state index contributed by atoms with van der Waals surface area (Å²) >= 11 is 0. The van der Waals surface area contributed by atoms with Gasteiger partial charge in [-0.1, -0.05) is 140 Å². The van der Waals surface area contributed by atoms with Crippen molar-refractivity contribution in [3.8, 4) is 33.4 Å². The summed E-state index contributed by atoms with van der Waals surface area (Å²) in [5.74, 6) is 0. The minimum Gasteiger partial charge on any atom is -0.456 e. The molecule has 1 heteroatoms. The van der Waals surface area contributed by atoms with Gasteiger partial charge in [-0.2, -0.15) is 0 Å². The second kappa shape index (κ2) is 10.2. The van der Waals surface area contributed by atoms with E-state index in [0.717, 1.165) is 22.1 Å². The molecule has 218 valence electrons. The van der Waals surface area contributed by atoms with Crippen molar-refractivity contribution in [1.29, 1.82) is 0 Å². The van der Waals surface area contributed by atoms with E-state index >= 15 is 0 Å². The van der Waals surface area contributed by atoms with Gasteiger partial charge in [-0.25, -0.2) is 0 Å². The van der Waals surface area contributed by atoms with Gasteiger partial charge in [0.1, 0.15) is 11.2 Å². The predicted molar refractivity (Wildman–Crippen MR) is 200 cm³/mol. The third kappa shape index (κ3) is 3.97. The Hall–Kier alpha value is -6.18. The summed E-state index contributed by atoms with van der Waals surface area (Å²) < 4.78 is 6.50. The molecule has 10 rings (SSSR count). The topological polar surface area (TPSA) is 13.1 Å². The molecule has 0 bridgehead atoms. The fourth-order valence-electron chi connectivity index (χ4n) is 7.74. The van der Waals surface area contributed by atoms with Crippen LogP contribution in [-0.2, 0) is 0 Å². The molecule has 0 saturated heterocycles. The van der Waals surface area contributed by atoms with Crippen LogP contribution in [0.15, 0.2) is 174 Å². The molecule has 0 unspecified atom stereocenters. The lowest BCUT2D eigenvalue weighted by Gasteiger charge is -2.19. The van der Waals surface area contributed by atoms with E-state index < -0.39 is 0 Å². The van der Waals surface area contributed by atoms with Crippen LogP contribution in [0.25, 0.3) is 98.4 Å². The third-order valence-corrected chi connectivity index (χ3v) is 9.82. The lowest BCUT2D eigenvalue weighted by atomic mass is 9.84. The number of rotatable bonds is 3. The van der Waals surface area contributed by atoms with E-state index in [9.17, 15) is 0 Å². The summed E-state index contributed by atoms with van der Waals surface area (Å²) in [7, 11) is 0. The van der Waals surface area contributed by atoms with Gasteiger partial charge in [0.25, 0.3) is 0 Å². The maximum atomic E-state index is 6.50. The molecular formula is C46H28O. The molecule has 0 aliphatic heterocycles. The number of hydrogen-bond donors (Lipinski definition) is 0. The standard InChI is InChI=1S/C46H28O/c1-2-13-30(14-3-1)44-36-18-8-10-20-38(36)45(39-21-11-9-19-37(39)44)41-27-33(26-32-15-5-6-16-34(32)41)31-22-24-40-43(28-31)47-42-25-23-29-12-4-7-17-35(29)46(40)42/h1-28H. The van der Waals surface area contributed by atoms with E-state index in [-0.39, 0.29) is 0 Å². The van der Waals surface area contributed by atoms with Gasteiger partial charge in [-0.15, -0.1) is 0 Å². The predicted octanol–water partition coefficient (Wildman–Crippen LogP) is 13.2. The Bertz CT molecular complexity index is 2780. The smallest absolute Gasteiger partial charge is 0.136 e. The van der Waals surface area contributed by atoms with Crippen molar-refractivity contribution >= 4 is 65.0 Å². The molecule has 0 N–H and O–H groups in total. The first-order chi connectivity index (χ1) is 23.3. The summed E-state index contributed by atoms with van der Waals surface area (Å²) in [6, 6.07) is 61.6. The highest BCUT2D eigenvalue weighted by Crippen LogP contribution is 2.46. The van der Waals surface area contributed by atoms with Crippen molar-refractivity contribution in [2.24, 2.45) is 0 Å². The third-order valence-electron chi connectivity index (χ3n) is 9.82. The average molecular weight is 597 g/mol. The molecule has 9 aromatic carbocycles. The summed E-state index contributed by atoms with van der Waals surface area (Å²) in [5, 5.41) is 12.3. The fourth-order valence-corrected chi connectivity index (χ4v) is 7.74. The van der Waals surface area contributed by atoms with Gasteiger partial charge in [0.05, 0.1) is 0 Å². The van der Waals surface area contributed by atoms with Gasteiger partial charge >= 0.3 is 0 Å². The van der Waals surface area contributed by atoms with E-state index in [0.29, 0.717) is 0 Å². The Labute approximate surface area is 271 Å². The SMILES string of the molecule is c1ccc(-c2c3ccccc3c(-c3cc(-c4ccc5c(c4)oc4ccc6ccccc6c45)cc4ccccc34)c3ccccc23)cc1. The molecule has 0 amide bonds. The van der Waals surface area contributed by atoms with Gasteiger partial charge in [-0.3, -0.25) is 0 Å². The Morgan fingerprint density at radius 2 is 0.894 bits per heavy atom. The van der Waals surface area contributed by atoms with Crippen molar-refractivity contribution in [2.45, 2.75) is 0 Å². The van der Waals surface area contributed by atoms with Crippen LogP contribution in [0.5, 0.6) is 0 Å². The maximum Gasteiger partial charge on any atom is 0.136 e. The van der Waals surface area contributed by atoms with E-state index in [1.54, 1.807) is 0 Å². The zero-order valence-electron chi connectivity index (χ0n) is 25.6. The molecule has 47 heavy (non-hydrogen) atoms. The zero-order valence-corrected chi connectivity index (χ0v) is 25.6. The van der Waals surface area contributed by atoms with Gasteiger partial charge < -0.3 is 4.42 Å². The normalized spacial score (nSPS) is 11.8. The second-order valence-electron chi connectivity index (χ2n) is 12.4. The largest absolute Gasteiger partial charge is 0.456 e. The fraction of sp³-hybridized carbons (Fsp3) is 0. The summed E-state index contributed by atoms with van der Waals surface area (Å²) in [6.07, 6.45) is 0. The summed E-state index contributed by atoms with van der Waals surface area (Å²) in [4.78, 5) is 0. The van der Waals surface area contributed by atoms with Gasteiger partial charge in [0.15, 0.2) is 0 Å². The van der Waals surface area contributed by atoms with Crippen LogP contribution >= 0.6 is 0 Å². The molecule has 0 saturated carbocycles. The van der Waals surface area contributed by atoms with Crippen molar-refractivity contribution in [2.75, 3.05) is 0 Å². The van der Waals surface area contributed by atoms with E-state index in [1.165, 1.54) is 76.3 Å². The number of fused-ring (bicyclic) bond motifs is 8. The first-order valence-electron chi connectivity index (χ1n) is 16.2.